The van der Waals surface area contributed by atoms with Gasteiger partial charge in [0.25, 0.3) is 0 Å². The normalized spacial score (nSPS) is 28.2. The third-order valence-corrected chi connectivity index (χ3v) is 5.16. The van der Waals surface area contributed by atoms with Crippen LogP contribution in [0.25, 0.3) is 0 Å². The predicted octanol–water partition coefficient (Wildman–Crippen LogP) is 1.77. The van der Waals surface area contributed by atoms with E-state index < -0.39 is 10.0 Å². The van der Waals surface area contributed by atoms with Crippen molar-refractivity contribution in [1.29, 1.82) is 0 Å². The highest BCUT2D eigenvalue weighted by molar-refractivity contribution is 7.89. The maximum atomic E-state index is 12.3. The minimum Gasteiger partial charge on any atom is -0.383 e. The van der Waals surface area contributed by atoms with Crippen molar-refractivity contribution in [3.8, 4) is 0 Å². The number of hydrogen-bond acceptors (Lipinski definition) is 4. The lowest BCUT2D eigenvalue weighted by atomic mass is 9.81. The van der Waals surface area contributed by atoms with Gasteiger partial charge in [0.2, 0.25) is 10.0 Å². The van der Waals surface area contributed by atoms with Crippen LogP contribution in [0.1, 0.15) is 33.1 Å². The molecule has 5 nitrogen and oxygen atoms in total. The number of nitrogen functional groups attached to an aromatic ring is 1. The lowest BCUT2D eigenvalue weighted by Gasteiger charge is -2.31. The summed E-state index contributed by atoms with van der Waals surface area (Å²) in [5, 5.41) is 0. The van der Waals surface area contributed by atoms with Gasteiger partial charge in [-0.1, -0.05) is 13.8 Å². The lowest BCUT2D eigenvalue weighted by Crippen LogP contribution is -2.40. The Hall–Kier alpha value is -1.14. The smallest absolute Gasteiger partial charge is 0.244 e. The number of anilines is 1. The Morgan fingerprint density at radius 1 is 1.26 bits per heavy atom. The first-order valence-corrected chi connectivity index (χ1v) is 8.09. The van der Waals surface area contributed by atoms with Gasteiger partial charge in [0.1, 0.15) is 10.7 Å². The molecule has 1 aromatic heterocycles. The third kappa shape index (κ3) is 3.45. The fourth-order valence-corrected chi connectivity index (χ4v) is 4.30. The molecule has 1 fully saturated rings. The Morgan fingerprint density at radius 2 is 1.89 bits per heavy atom. The lowest BCUT2D eigenvalue weighted by molar-refractivity contribution is 0.258. The monoisotopic (exact) mass is 283 g/mol. The van der Waals surface area contributed by atoms with E-state index in [2.05, 4.69) is 23.6 Å². The molecule has 2 unspecified atom stereocenters. The molecular formula is C13H21N3O2S. The summed E-state index contributed by atoms with van der Waals surface area (Å²) in [5.41, 5.74) is 5.64. The first-order chi connectivity index (χ1) is 8.88. The van der Waals surface area contributed by atoms with E-state index in [1.807, 2.05) is 0 Å². The summed E-state index contributed by atoms with van der Waals surface area (Å²) in [5.74, 6) is 1.14. The number of nitrogens with zero attached hydrogens (tertiary/aromatic N) is 1. The second-order valence-corrected chi connectivity index (χ2v) is 7.30. The maximum Gasteiger partial charge on any atom is 0.244 e. The molecule has 1 aromatic rings. The van der Waals surface area contributed by atoms with Crippen LogP contribution in [0.15, 0.2) is 23.2 Å². The van der Waals surface area contributed by atoms with Gasteiger partial charge in [-0.05, 0) is 43.2 Å². The van der Waals surface area contributed by atoms with Gasteiger partial charge in [0.15, 0.2) is 0 Å². The topological polar surface area (TPSA) is 85.1 Å². The number of nitrogens with two attached hydrogens (primary N) is 1. The van der Waals surface area contributed by atoms with Crippen LogP contribution in [0.5, 0.6) is 0 Å². The molecule has 0 amide bonds. The Morgan fingerprint density at radius 3 is 2.47 bits per heavy atom. The van der Waals surface area contributed by atoms with E-state index in [0.29, 0.717) is 11.8 Å². The quantitative estimate of drug-likeness (QED) is 0.885. The molecule has 0 radical (unpaired) electrons. The number of pyridine rings is 1. The van der Waals surface area contributed by atoms with Crippen LogP contribution in [0.4, 0.5) is 5.82 Å². The van der Waals surface area contributed by atoms with Gasteiger partial charge < -0.3 is 5.73 Å². The molecular weight excluding hydrogens is 262 g/mol. The molecule has 0 spiro atoms. The van der Waals surface area contributed by atoms with Gasteiger partial charge in [-0.15, -0.1) is 0 Å². The summed E-state index contributed by atoms with van der Waals surface area (Å²) in [6.07, 6.45) is 4.40. The number of hydrogen-bond donors (Lipinski definition) is 2. The highest BCUT2D eigenvalue weighted by atomic mass is 32.2. The second kappa shape index (κ2) is 5.46. The van der Waals surface area contributed by atoms with Crippen LogP contribution in [0.2, 0.25) is 0 Å². The molecule has 0 aliphatic heterocycles. The molecule has 2 rings (SSSR count). The third-order valence-electron chi connectivity index (χ3n) is 3.59. The molecule has 19 heavy (non-hydrogen) atoms. The zero-order valence-electron chi connectivity index (χ0n) is 11.3. The predicted molar refractivity (Wildman–Crippen MR) is 74.9 cm³/mol. The van der Waals surface area contributed by atoms with Gasteiger partial charge in [-0.3, -0.25) is 0 Å². The van der Waals surface area contributed by atoms with Crippen molar-refractivity contribution < 1.29 is 8.42 Å². The molecule has 1 saturated carbocycles. The number of nitrogens with one attached hydrogen (secondary N) is 1. The van der Waals surface area contributed by atoms with E-state index in [4.69, 9.17) is 5.73 Å². The molecule has 106 valence electrons. The first-order valence-electron chi connectivity index (χ1n) is 6.61. The molecule has 1 aliphatic carbocycles. The molecule has 3 N–H and O–H groups in total. The van der Waals surface area contributed by atoms with E-state index >= 15 is 0 Å². The zero-order valence-corrected chi connectivity index (χ0v) is 12.2. The highest BCUT2D eigenvalue weighted by Gasteiger charge is 2.28. The Balaban J connectivity index is 2.16. The summed E-state index contributed by atoms with van der Waals surface area (Å²) in [7, 11) is -3.57. The molecule has 1 aliphatic rings. The highest BCUT2D eigenvalue weighted by Crippen LogP contribution is 2.29. The Kier molecular flexibility index (Phi) is 4.10. The largest absolute Gasteiger partial charge is 0.383 e. The van der Waals surface area contributed by atoms with E-state index in [0.717, 1.165) is 19.3 Å². The number of aromatic nitrogens is 1. The summed E-state index contributed by atoms with van der Waals surface area (Å²) in [6, 6.07) is 3.06. The van der Waals surface area contributed by atoms with Crippen LogP contribution < -0.4 is 10.5 Å². The minimum absolute atomic E-state index is 0.0108. The van der Waals surface area contributed by atoms with E-state index in [9.17, 15) is 8.42 Å². The SMILES string of the molecule is CC1CC(C)CC(NS(=O)(=O)c2cccnc2N)C1. The van der Waals surface area contributed by atoms with Crippen LogP contribution >= 0.6 is 0 Å². The fourth-order valence-electron chi connectivity index (χ4n) is 2.96. The molecule has 1 heterocycles. The van der Waals surface area contributed by atoms with Gasteiger partial charge in [-0.2, -0.15) is 0 Å². The number of sulfonamides is 1. The van der Waals surface area contributed by atoms with Crippen LogP contribution in [0.3, 0.4) is 0 Å². The average Bonchev–Trinajstić information content (AvgIpc) is 2.26. The first kappa shape index (κ1) is 14.3. The Bertz CT molecular complexity index is 535. The minimum atomic E-state index is -3.57. The summed E-state index contributed by atoms with van der Waals surface area (Å²) in [4.78, 5) is 3.90. The van der Waals surface area contributed by atoms with Gasteiger partial charge in [0.05, 0.1) is 0 Å². The molecule has 6 heteroatoms. The zero-order chi connectivity index (χ0) is 14.0. The second-order valence-electron chi connectivity index (χ2n) is 5.62. The van der Waals surface area contributed by atoms with Gasteiger partial charge in [-0.25, -0.2) is 18.1 Å². The maximum absolute atomic E-state index is 12.3. The standard InChI is InChI=1S/C13H21N3O2S/c1-9-6-10(2)8-11(7-9)16-19(17,18)12-4-3-5-15-13(12)14/h3-5,9-11,16H,6-8H2,1-2H3,(H2,14,15). The number of rotatable bonds is 3. The van der Waals surface area contributed by atoms with Crippen molar-refractivity contribution >= 4 is 15.8 Å². The van der Waals surface area contributed by atoms with E-state index in [1.54, 1.807) is 6.07 Å². The summed E-state index contributed by atoms with van der Waals surface area (Å²) in [6.45, 7) is 4.32. The molecule has 0 bridgehead atoms. The summed E-state index contributed by atoms with van der Waals surface area (Å²) >= 11 is 0. The van der Waals surface area contributed by atoms with Crippen LogP contribution in [-0.4, -0.2) is 19.4 Å². The van der Waals surface area contributed by atoms with Crippen LogP contribution in [-0.2, 0) is 10.0 Å². The van der Waals surface area contributed by atoms with Crippen molar-refractivity contribution in [2.24, 2.45) is 11.8 Å². The van der Waals surface area contributed by atoms with Gasteiger partial charge >= 0.3 is 0 Å². The average molecular weight is 283 g/mol. The van der Waals surface area contributed by atoms with Crippen molar-refractivity contribution in [2.75, 3.05) is 5.73 Å². The van der Waals surface area contributed by atoms with Crippen LogP contribution in [0, 0.1) is 11.8 Å². The Labute approximate surface area is 114 Å². The van der Waals surface area contributed by atoms with Crippen molar-refractivity contribution in [3.05, 3.63) is 18.3 Å². The molecule has 0 saturated heterocycles. The van der Waals surface area contributed by atoms with Gasteiger partial charge in [0, 0.05) is 12.2 Å². The summed E-state index contributed by atoms with van der Waals surface area (Å²) < 4.78 is 27.4. The van der Waals surface area contributed by atoms with Crippen molar-refractivity contribution in [2.45, 2.75) is 44.0 Å². The molecule has 0 aromatic carbocycles. The fraction of sp³-hybridized carbons (Fsp3) is 0.615. The van der Waals surface area contributed by atoms with E-state index in [-0.39, 0.29) is 16.8 Å². The van der Waals surface area contributed by atoms with Crippen molar-refractivity contribution in [3.63, 3.8) is 0 Å². The van der Waals surface area contributed by atoms with Crippen molar-refractivity contribution in [1.82, 2.24) is 9.71 Å². The van der Waals surface area contributed by atoms with E-state index in [1.165, 1.54) is 12.3 Å². The molecule has 2 atom stereocenters.